The van der Waals surface area contributed by atoms with Crippen molar-refractivity contribution >= 4 is 11.5 Å². The molecule has 0 fully saturated rings. The van der Waals surface area contributed by atoms with Gasteiger partial charge in [-0.25, -0.2) is 0 Å². The van der Waals surface area contributed by atoms with E-state index >= 15 is 0 Å². The monoisotopic (exact) mass is 251 g/mol. The number of allylic oxidation sites excluding steroid dienone is 1. The van der Waals surface area contributed by atoms with E-state index in [0.29, 0.717) is 0 Å². The van der Waals surface area contributed by atoms with Crippen LogP contribution in [0.5, 0.6) is 0 Å². The maximum absolute atomic E-state index is 6.37. The van der Waals surface area contributed by atoms with Crippen LogP contribution in [0.25, 0.3) is 0 Å². The standard InChI is InChI=1S/C13H21N3S/c1-2-11-13(17-16-15-11)12(14)10-8-6-4-3-5-7-9-10/h8,12H,2-7,9,14H2,1H3. The van der Waals surface area contributed by atoms with Crippen LogP contribution < -0.4 is 5.73 Å². The summed E-state index contributed by atoms with van der Waals surface area (Å²) in [5.74, 6) is 0. The van der Waals surface area contributed by atoms with Gasteiger partial charge in [-0.1, -0.05) is 35.9 Å². The van der Waals surface area contributed by atoms with Crippen LogP contribution >= 0.6 is 11.5 Å². The number of rotatable bonds is 3. The first-order valence-electron chi connectivity index (χ1n) is 6.58. The van der Waals surface area contributed by atoms with Gasteiger partial charge >= 0.3 is 0 Å². The first-order valence-corrected chi connectivity index (χ1v) is 7.36. The van der Waals surface area contributed by atoms with E-state index in [-0.39, 0.29) is 6.04 Å². The first-order chi connectivity index (χ1) is 8.33. The van der Waals surface area contributed by atoms with E-state index in [2.05, 4.69) is 22.6 Å². The van der Waals surface area contributed by atoms with Crippen molar-refractivity contribution in [2.75, 3.05) is 0 Å². The van der Waals surface area contributed by atoms with E-state index in [1.807, 2.05) is 0 Å². The lowest BCUT2D eigenvalue weighted by Gasteiger charge is -2.17. The molecule has 0 aromatic carbocycles. The molecule has 2 N–H and O–H groups in total. The van der Waals surface area contributed by atoms with Crippen molar-refractivity contribution in [1.29, 1.82) is 0 Å². The third-order valence-electron chi connectivity index (χ3n) is 3.43. The van der Waals surface area contributed by atoms with E-state index in [0.717, 1.165) is 18.5 Å². The Hall–Kier alpha value is -0.740. The highest BCUT2D eigenvalue weighted by molar-refractivity contribution is 7.05. The summed E-state index contributed by atoms with van der Waals surface area (Å²) in [6, 6.07) is 0.0306. The summed E-state index contributed by atoms with van der Waals surface area (Å²) in [5.41, 5.74) is 8.84. The molecule has 0 aliphatic heterocycles. The molecule has 1 aromatic heterocycles. The van der Waals surface area contributed by atoms with Crippen molar-refractivity contribution in [3.05, 3.63) is 22.2 Å². The second kappa shape index (κ2) is 6.26. The maximum Gasteiger partial charge on any atom is 0.0804 e. The second-order valence-corrected chi connectivity index (χ2v) is 5.43. The summed E-state index contributed by atoms with van der Waals surface area (Å²) in [4.78, 5) is 1.17. The summed E-state index contributed by atoms with van der Waals surface area (Å²) in [5, 5.41) is 4.15. The van der Waals surface area contributed by atoms with E-state index in [1.54, 1.807) is 0 Å². The Morgan fingerprint density at radius 1 is 1.35 bits per heavy atom. The van der Waals surface area contributed by atoms with Crippen LogP contribution in [-0.2, 0) is 6.42 Å². The second-order valence-electron chi connectivity index (χ2n) is 4.65. The van der Waals surface area contributed by atoms with Gasteiger partial charge < -0.3 is 5.73 Å². The minimum absolute atomic E-state index is 0.0306. The summed E-state index contributed by atoms with van der Waals surface area (Å²) in [6.45, 7) is 2.11. The Morgan fingerprint density at radius 2 is 2.18 bits per heavy atom. The van der Waals surface area contributed by atoms with Gasteiger partial charge in [-0.2, -0.15) is 0 Å². The fourth-order valence-corrected chi connectivity index (χ4v) is 3.15. The van der Waals surface area contributed by atoms with Crippen LogP contribution in [-0.4, -0.2) is 9.59 Å². The molecule has 1 unspecified atom stereocenters. The summed E-state index contributed by atoms with van der Waals surface area (Å²) < 4.78 is 4.04. The Labute approximate surface area is 107 Å². The van der Waals surface area contributed by atoms with Crippen LogP contribution in [0, 0.1) is 0 Å². The molecule has 94 valence electrons. The fourth-order valence-electron chi connectivity index (χ4n) is 2.36. The first kappa shape index (κ1) is 12.7. The number of aromatic nitrogens is 2. The quantitative estimate of drug-likeness (QED) is 0.838. The SMILES string of the molecule is CCc1nnsc1C(N)C1=CCCCCCC1. The largest absolute Gasteiger partial charge is 0.320 e. The van der Waals surface area contributed by atoms with Crippen molar-refractivity contribution < 1.29 is 0 Å². The molecule has 0 saturated heterocycles. The van der Waals surface area contributed by atoms with Gasteiger partial charge in [-0.3, -0.25) is 0 Å². The Morgan fingerprint density at radius 3 is 3.00 bits per heavy atom. The minimum atomic E-state index is 0.0306. The van der Waals surface area contributed by atoms with Crippen LogP contribution in [0.1, 0.15) is 62.1 Å². The molecule has 1 heterocycles. The van der Waals surface area contributed by atoms with Crippen molar-refractivity contribution in [2.24, 2.45) is 5.73 Å². The lowest BCUT2D eigenvalue weighted by molar-refractivity contribution is 0.603. The summed E-state index contributed by atoms with van der Waals surface area (Å²) >= 11 is 1.46. The molecule has 17 heavy (non-hydrogen) atoms. The Bertz CT molecular complexity index is 384. The van der Waals surface area contributed by atoms with E-state index in [4.69, 9.17) is 5.73 Å². The zero-order chi connectivity index (χ0) is 12.1. The van der Waals surface area contributed by atoms with Gasteiger partial charge in [-0.05, 0) is 43.6 Å². The van der Waals surface area contributed by atoms with Crippen molar-refractivity contribution in [3.63, 3.8) is 0 Å². The number of hydrogen-bond acceptors (Lipinski definition) is 4. The van der Waals surface area contributed by atoms with E-state index < -0.39 is 0 Å². The van der Waals surface area contributed by atoms with E-state index in [9.17, 15) is 0 Å². The number of hydrogen-bond donors (Lipinski definition) is 1. The predicted molar refractivity (Wildman–Crippen MR) is 72.0 cm³/mol. The number of aryl methyl sites for hydroxylation is 1. The fraction of sp³-hybridized carbons (Fsp3) is 0.692. The highest BCUT2D eigenvalue weighted by atomic mass is 32.1. The molecule has 2 rings (SSSR count). The molecule has 0 spiro atoms. The zero-order valence-electron chi connectivity index (χ0n) is 10.5. The minimum Gasteiger partial charge on any atom is -0.320 e. The van der Waals surface area contributed by atoms with Crippen LogP contribution in [0.4, 0.5) is 0 Å². The van der Waals surface area contributed by atoms with Gasteiger partial charge in [-0.15, -0.1) is 5.10 Å². The van der Waals surface area contributed by atoms with Crippen LogP contribution in [0.15, 0.2) is 11.6 Å². The molecule has 3 nitrogen and oxygen atoms in total. The van der Waals surface area contributed by atoms with Gasteiger partial charge in [0.1, 0.15) is 0 Å². The summed E-state index contributed by atoms with van der Waals surface area (Å²) in [6.07, 6.45) is 10.9. The molecule has 1 aromatic rings. The predicted octanol–water partition coefficient (Wildman–Crippen LogP) is 3.38. The average molecular weight is 251 g/mol. The number of nitrogens with two attached hydrogens (primary N) is 1. The molecule has 4 heteroatoms. The van der Waals surface area contributed by atoms with Crippen LogP contribution in [0.3, 0.4) is 0 Å². The lowest BCUT2D eigenvalue weighted by Crippen LogP contribution is -2.14. The van der Waals surface area contributed by atoms with Gasteiger partial charge in [0.25, 0.3) is 0 Å². The molecular weight excluding hydrogens is 230 g/mol. The zero-order valence-corrected chi connectivity index (χ0v) is 11.3. The molecule has 0 saturated carbocycles. The van der Waals surface area contributed by atoms with Crippen molar-refractivity contribution in [3.8, 4) is 0 Å². The molecule has 0 bridgehead atoms. The topological polar surface area (TPSA) is 51.8 Å². The van der Waals surface area contributed by atoms with Crippen molar-refractivity contribution in [2.45, 2.75) is 57.9 Å². The Balaban J connectivity index is 2.14. The van der Waals surface area contributed by atoms with E-state index in [1.165, 1.54) is 54.1 Å². The van der Waals surface area contributed by atoms with Gasteiger partial charge in [0.05, 0.1) is 16.6 Å². The normalized spacial score (nSPS) is 19.3. The van der Waals surface area contributed by atoms with Gasteiger partial charge in [0.2, 0.25) is 0 Å². The maximum atomic E-state index is 6.37. The lowest BCUT2D eigenvalue weighted by atomic mass is 9.94. The Kier molecular flexibility index (Phi) is 4.68. The third-order valence-corrected chi connectivity index (χ3v) is 4.28. The number of nitrogens with zero attached hydrogens (tertiary/aromatic N) is 2. The molecular formula is C13H21N3S. The molecule has 0 amide bonds. The highest BCUT2D eigenvalue weighted by Crippen LogP contribution is 2.30. The van der Waals surface area contributed by atoms with Gasteiger partial charge in [0.15, 0.2) is 0 Å². The summed E-state index contributed by atoms with van der Waals surface area (Å²) in [7, 11) is 0. The van der Waals surface area contributed by atoms with Crippen LogP contribution in [0.2, 0.25) is 0 Å². The molecule has 1 aliphatic rings. The average Bonchev–Trinajstić information content (AvgIpc) is 2.75. The van der Waals surface area contributed by atoms with Crippen molar-refractivity contribution in [1.82, 2.24) is 9.59 Å². The molecule has 1 aliphatic carbocycles. The molecule has 0 radical (unpaired) electrons. The highest BCUT2D eigenvalue weighted by Gasteiger charge is 2.18. The van der Waals surface area contributed by atoms with Gasteiger partial charge in [0, 0.05) is 0 Å². The smallest absolute Gasteiger partial charge is 0.0804 e. The third kappa shape index (κ3) is 3.13. The molecule has 1 atom stereocenters.